The zero-order valence-electron chi connectivity index (χ0n) is 14.2. The van der Waals surface area contributed by atoms with Gasteiger partial charge in [-0.3, -0.25) is 4.79 Å². The first-order valence-electron chi connectivity index (χ1n) is 7.83. The van der Waals surface area contributed by atoms with E-state index in [1.165, 1.54) is 6.33 Å². The van der Waals surface area contributed by atoms with Gasteiger partial charge < -0.3 is 4.74 Å². The van der Waals surface area contributed by atoms with E-state index in [0.717, 1.165) is 47.4 Å². The van der Waals surface area contributed by atoms with E-state index in [-0.39, 0.29) is 5.75 Å². The molecule has 0 saturated carbocycles. The maximum Gasteiger partial charge on any atom is 0.434 e. The molecule has 12 heteroatoms. The third kappa shape index (κ3) is 4.89. The summed E-state index contributed by atoms with van der Waals surface area (Å²) in [5, 5.41) is 3.65. The number of alkyl halides is 6. The summed E-state index contributed by atoms with van der Waals surface area (Å²) < 4.78 is 83.9. The van der Waals surface area contributed by atoms with Crippen molar-refractivity contribution in [2.75, 3.05) is 0 Å². The number of aromatic nitrogens is 4. The number of rotatable bonds is 5. The van der Waals surface area contributed by atoms with Gasteiger partial charge >= 0.3 is 12.4 Å². The molecular formula is C17H10F6N4O2. The lowest BCUT2D eigenvalue weighted by Gasteiger charge is -2.13. The first-order chi connectivity index (χ1) is 13.5. The molecule has 0 N–H and O–H groups in total. The molecule has 2 heterocycles. The SMILES string of the molecule is O=C(Cn1cncn1)c1ccc(Oc2ccc(C(F)(F)F)cc2)nc1C(F)(F)F. The second-order valence-corrected chi connectivity index (χ2v) is 5.68. The van der Waals surface area contributed by atoms with Gasteiger partial charge in [-0.25, -0.2) is 14.6 Å². The van der Waals surface area contributed by atoms with Crippen LogP contribution in [0.5, 0.6) is 11.6 Å². The fraction of sp³-hybridized carbons (Fsp3) is 0.176. The van der Waals surface area contributed by atoms with Crippen LogP contribution in [0.4, 0.5) is 26.3 Å². The van der Waals surface area contributed by atoms with Crippen molar-refractivity contribution in [1.82, 2.24) is 19.7 Å². The van der Waals surface area contributed by atoms with Gasteiger partial charge in [0.2, 0.25) is 5.88 Å². The normalized spacial score (nSPS) is 12.1. The average molecular weight is 416 g/mol. The number of halogens is 6. The quantitative estimate of drug-likeness (QED) is 0.456. The first-order valence-corrected chi connectivity index (χ1v) is 7.83. The van der Waals surface area contributed by atoms with E-state index in [1.54, 1.807) is 0 Å². The number of nitrogens with zero attached hydrogens (tertiary/aromatic N) is 4. The molecule has 0 bridgehead atoms. The van der Waals surface area contributed by atoms with Gasteiger partial charge in [0.25, 0.3) is 0 Å². The number of ketones is 1. The summed E-state index contributed by atoms with van der Waals surface area (Å²) in [5.74, 6) is -1.59. The molecule has 0 amide bonds. The lowest BCUT2D eigenvalue weighted by Crippen LogP contribution is -2.19. The minimum Gasteiger partial charge on any atom is -0.439 e. The van der Waals surface area contributed by atoms with Gasteiger partial charge in [0.05, 0.1) is 11.1 Å². The third-order valence-corrected chi connectivity index (χ3v) is 3.61. The van der Waals surface area contributed by atoms with Crippen LogP contribution in [0.2, 0.25) is 0 Å². The van der Waals surface area contributed by atoms with Gasteiger partial charge in [-0.05, 0) is 30.3 Å². The highest BCUT2D eigenvalue weighted by Crippen LogP contribution is 2.34. The number of pyridine rings is 1. The topological polar surface area (TPSA) is 69.9 Å². The van der Waals surface area contributed by atoms with Crippen molar-refractivity contribution in [2.45, 2.75) is 18.9 Å². The fourth-order valence-corrected chi connectivity index (χ4v) is 2.32. The van der Waals surface area contributed by atoms with Crippen LogP contribution in [0.3, 0.4) is 0 Å². The van der Waals surface area contributed by atoms with Crippen molar-refractivity contribution < 1.29 is 35.9 Å². The largest absolute Gasteiger partial charge is 0.439 e. The minimum atomic E-state index is -4.97. The lowest BCUT2D eigenvalue weighted by molar-refractivity contribution is -0.141. The van der Waals surface area contributed by atoms with Crippen LogP contribution in [-0.4, -0.2) is 25.5 Å². The maximum absolute atomic E-state index is 13.4. The Morgan fingerprint density at radius 3 is 2.21 bits per heavy atom. The predicted molar refractivity (Wildman–Crippen MR) is 85.1 cm³/mol. The molecule has 0 aliphatic carbocycles. The number of carbonyl (C=O) groups excluding carboxylic acids is 1. The van der Waals surface area contributed by atoms with E-state index in [0.29, 0.717) is 0 Å². The molecule has 0 aliphatic rings. The van der Waals surface area contributed by atoms with Crippen LogP contribution in [0, 0.1) is 0 Å². The monoisotopic (exact) mass is 416 g/mol. The number of hydrogen-bond acceptors (Lipinski definition) is 5. The molecule has 0 aliphatic heterocycles. The molecule has 1 aromatic carbocycles. The molecule has 152 valence electrons. The highest BCUT2D eigenvalue weighted by Gasteiger charge is 2.38. The van der Waals surface area contributed by atoms with E-state index >= 15 is 0 Å². The van der Waals surface area contributed by atoms with E-state index < -0.39 is 47.4 Å². The molecule has 6 nitrogen and oxygen atoms in total. The second-order valence-electron chi connectivity index (χ2n) is 5.68. The number of Topliss-reactive ketones (excluding diaryl/α,β-unsaturated/α-hetero) is 1. The van der Waals surface area contributed by atoms with Gasteiger partial charge in [-0.2, -0.15) is 31.4 Å². The van der Waals surface area contributed by atoms with Gasteiger partial charge in [-0.15, -0.1) is 0 Å². The standard InChI is InChI=1S/C17H10F6N4O2/c18-16(19,20)10-1-3-11(4-2-10)29-14-6-5-12(15(26-14)17(21,22)23)13(28)7-27-9-24-8-25-27/h1-6,8-9H,7H2. The van der Waals surface area contributed by atoms with Crippen LogP contribution in [0.1, 0.15) is 21.6 Å². The first kappa shape index (κ1) is 20.3. The molecule has 3 aromatic rings. The Labute approximate surface area is 158 Å². The Hall–Kier alpha value is -3.44. The lowest BCUT2D eigenvalue weighted by atomic mass is 10.1. The minimum absolute atomic E-state index is 0.152. The zero-order chi connectivity index (χ0) is 21.2. The predicted octanol–water partition coefficient (Wildman–Crippen LogP) is 4.39. The Morgan fingerprint density at radius 1 is 0.966 bits per heavy atom. The van der Waals surface area contributed by atoms with Crippen LogP contribution in [0.15, 0.2) is 49.1 Å². The Kier molecular flexibility index (Phi) is 5.27. The molecule has 2 aromatic heterocycles. The van der Waals surface area contributed by atoms with Crippen molar-refractivity contribution in [3.8, 4) is 11.6 Å². The third-order valence-electron chi connectivity index (χ3n) is 3.61. The number of carbonyl (C=O) groups is 1. The Balaban J connectivity index is 1.86. The summed E-state index contributed by atoms with van der Waals surface area (Å²) in [6.07, 6.45) is -7.24. The molecule has 0 unspecified atom stereocenters. The van der Waals surface area contributed by atoms with Crippen LogP contribution in [-0.2, 0) is 18.9 Å². The number of ether oxygens (including phenoxy) is 1. The summed E-state index contributed by atoms with van der Waals surface area (Å²) in [6, 6.07) is 5.23. The summed E-state index contributed by atoms with van der Waals surface area (Å²) >= 11 is 0. The summed E-state index contributed by atoms with van der Waals surface area (Å²) in [6.45, 7) is -0.482. The fourth-order valence-electron chi connectivity index (χ4n) is 2.32. The second kappa shape index (κ2) is 7.53. The Bertz CT molecular complexity index is 998. The Morgan fingerprint density at radius 2 is 1.66 bits per heavy atom. The van der Waals surface area contributed by atoms with Crippen LogP contribution in [0.25, 0.3) is 0 Å². The smallest absolute Gasteiger partial charge is 0.434 e. The highest BCUT2D eigenvalue weighted by molar-refractivity contribution is 5.97. The molecule has 29 heavy (non-hydrogen) atoms. The zero-order valence-corrected chi connectivity index (χ0v) is 14.2. The molecule has 0 spiro atoms. The molecule has 0 saturated heterocycles. The van der Waals surface area contributed by atoms with E-state index in [9.17, 15) is 31.1 Å². The van der Waals surface area contributed by atoms with Gasteiger partial charge in [0.1, 0.15) is 24.9 Å². The molecule has 0 fully saturated rings. The summed E-state index contributed by atoms with van der Waals surface area (Å²) in [7, 11) is 0. The van der Waals surface area contributed by atoms with Crippen molar-refractivity contribution >= 4 is 5.78 Å². The van der Waals surface area contributed by atoms with E-state index in [1.807, 2.05) is 0 Å². The maximum atomic E-state index is 13.4. The molecule has 0 radical (unpaired) electrons. The summed E-state index contributed by atoms with van der Waals surface area (Å²) in [5.41, 5.74) is -3.12. The van der Waals surface area contributed by atoms with Crippen molar-refractivity contribution in [1.29, 1.82) is 0 Å². The van der Waals surface area contributed by atoms with Crippen LogP contribution < -0.4 is 4.74 Å². The van der Waals surface area contributed by atoms with Crippen molar-refractivity contribution in [3.05, 3.63) is 65.9 Å². The van der Waals surface area contributed by atoms with Crippen molar-refractivity contribution in [2.24, 2.45) is 0 Å². The molecule has 3 rings (SSSR count). The molecule has 0 atom stereocenters. The van der Waals surface area contributed by atoms with Crippen molar-refractivity contribution in [3.63, 3.8) is 0 Å². The molecular weight excluding hydrogens is 406 g/mol. The number of benzene rings is 1. The number of hydrogen-bond donors (Lipinski definition) is 0. The van der Waals surface area contributed by atoms with E-state index in [2.05, 4.69) is 15.1 Å². The average Bonchev–Trinajstić information content (AvgIpc) is 3.13. The van der Waals surface area contributed by atoms with Crippen LogP contribution >= 0.6 is 0 Å². The van der Waals surface area contributed by atoms with Gasteiger partial charge in [-0.1, -0.05) is 0 Å². The van der Waals surface area contributed by atoms with E-state index in [4.69, 9.17) is 4.74 Å². The highest BCUT2D eigenvalue weighted by atomic mass is 19.4. The summed E-state index contributed by atoms with van der Waals surface area (Å²) in [4.78, 5) is 19.1. The van der Waals surface area contributed by atoms with Gasteiger partial charge in [0.15, 0.2) is 11.5 Å². The van der Waals surface area contributed by atoms with Gasteiger partial charge in [0, 0.05) is 6.07 Å².